The highest BCUT2D eigenvalue weighted by Gasteiger charge is 2.20. The van der Waals surface area contributed by atoms with Gasteiger partial charge in [-0.25, -0.2) is 0 Å². The first-order valence-corrected chi connectivity index (χ1v) is 5.00. The zero-order valence-corrected chi connectivity index (χ0v) is 8.38. The molecule has 2 rings (SSSR count). The molecule has 74 valence electrons. The standard InChI is InChI=1S/C10H10ClNO2/c11-8-5-7-3-1-2-4-10(14)12(7)9(8)6-13/h5-6H,1-4H2. The van der Waals surface area contributed by atoms with Gasteiger partial charge in [0.15, 0.2) is 6.29 Å². The van der Waals surface area contributed by atoms with Gasteiger partial charge in [0, 0.05) is 12.1 Å². The number of halogens is 1. The Morgan fingerprint density at radius 1 is 1.36 bits per heavy atom. The maximum Gasteiger partial charge on any atom is 0.231 e. The van der Waals surface area contributed by atoms with Crippen LogP contribution in [0.15, 0.2) is 6.07 Å². The van der Waals surface area contributed by atoms with Gasteiger partial charge in [-0.15, -0.1) is 0 Å². The summed E-state index contributed by atoms with van der Waals surface area (Å²) in [5.74, 6) is -0.0218. The average Bonchev–Trinajstić information content (AvgIpc) is 2.38. The monoisotopic (exact) mass is 211 g/mol. The van der Waals surface area contributed by atoms with Crippen LogP contribution in [0.5, 0.6) is 0 Å². The second-order valence-corrected chi connectivity index (χ2v) is 3.83. The molecular formula is C10H10ClNO2. The summed E-state index contributed by atoms with van der Waals surface area (Å²) in [7, 11) is 0. The quantitative estimate of drug-likeness (QED) is 0.669. The van der Waals surface area contributed by atoms with E-state index in [2.05, 4.69) is 0 Å². The summed E-state index contributed by atoms with van der Waals surface area (Å²) < 4.78 is 1.46. The first-order valence-electron chi connectivity index (χ1n) is 4.62. The second kappa shape index (κ2) is 3.58. The lowest BCUT2D eigenvalue weighted by atomic mass is 10.2. The van der Waals surface area contributed by atoms with Gasteiger partial charge in [-0.2, -0.15) is 0 Å². The Kier molecular flexibility index (Phi) is 2.42. The van der Waals surface area contributed by atoms with E-state index in [4.69, 9.17) is 11.6 Å². The first kappa shape index (κ1) is 9.46. The number of fused-ring (bicyclic) bond motifs is 1. The third-order valence-corrected chi connectivity index (χ3v) is 2.80. The molecule has 0 bridgehead atoms. The number of carbonyl (C=O) groups excluding carboxylic acids is 2. The molecule has 0 aromatic carbocycles. The number of aromatic nitrogens is 1. The van der Waals surface area contributed by atoms with Crippen molar-refractivity contribution in [3.63, 3.8) is 0 Å². The lowest BCUT2D eigenvalue weighted by Gasteiger charge is -2.03. The van der Waals surface area contributed by atoms with Gasteiger partial charge in [-0.05, 0) is 25.3 Å². The van der Waals surface area contributed by atoms with Gasteiger partial charge >= 0.3 is 0 Å². The Morgan fingerprint density at radius 3 is 2.79 bits per heavy atom. The number of hydrogen-bond acceptors (Lipinski definition) is 2. The Morgan fingerprint density at radius 2 is 2.07 bits per heavy atom. The Labute approximate surface area is 86.7 Å². The van der Waals surface area contributed by atoms with Crippen molar-refractivity contribution in [1.29, 1.82) is 0 Å². The summed E-state index contributed by atoms with van der Waals surface area (Å²) in [6, 6.07) is 1.72. The molecule has 1 aromatic rings. The molecule has 1 aromatic heterocycles. The largest absolute Gasteiger partial charge is 0.296 e. The van der Waals surface area contributed by atoms with Crippen LogP contribution in [0.3, 0.4) is 0 Å². The Bertz CT molecular complexity index is 395. The number of nitrogens with zero attached hydrogens (tertiary/aromatic N) is 1. The number of rotatable bonds is 1. The van der Waals surface area contributed by atoms with E-state index >= 15 is 0 Å². The van der Waals surface area contributed by atoms with Gasteiger partial charge in [0.1, 0.15) is 5.69 Å². The topological polar surface area (TPSA) is 39.1 Å². The van der Waals surface area contributed by atoms with Gasteiger partial charge in [0.05, 0.1) is 5.02 Å². The van der Waals surface area contributed by atoms with Crippen LogP contribution in [0.25, 0.3) is 0 Å². The number of aldehydes is 1. The molecule has 2 heterocycles. The van der Waals surface area contributed by atoms with Crippen LogP contribution < -0.4 is 0 Å². The van der Waals surface area contributed by atoms with Gasteiger partial charge in [0.25, 0.3) is 0 Å². The van der Waals surface area contributed by atoms with Crippen LogP contribution in [0, 0.1) is 0 Å². The smallest absolute Gasteiger partial charge is 0.231 e. The molecule has 0 radical (unpaired) electrons. The molecule has 0 saturated heterocycles. The molecule has 0 aliphatic carbocycles. The molecule has 4 heteroatoms. The number of hydrogen-bond donors (Lipinski definition) is 0. The lowest BCUT2D eigenvalue weighted by molar-refractivity contribution is 0.0892. The maximum absolute atomic E-state index is 11.6. The van der Waals surface area contributed by atoms with E-state index in [0.717, 1.165) is 25.0 Å². The SMILES string of the molecule is O=Cc1c(Cl)cc2n1C(=O)CCCC2. The third-order valence-electron chi connectivity index (χ3n) is 2.50. The molecule has 0 spiro atoms. The molecule has 0 fully saturated rings. The summed E-state index contributed by atoms with van der Waals surface area (Å²) in [5.41, 5.74) is 1.16. The highest BCUT2D eigenvalue weighted by Crippen LogP contribution is 2.24. The summed E-state index contributed by atoms with van der Waals surface area (Å²) in [4.78, 5) is 22.4. The molecule has 0 saturated carbocycles. The Hall–Kier alpha value is -1.09. The van der Waals surface area contributed by atoms with Crippen LogP contribution in [-0.2, 0) is 6.42 Å². The fraction of sp³-hybridized carbons (Fsp3) is 0.400. The van der Waals surface area contributed by atoms with E-state index in [9.17, 15) is 9.59 Å². The minimum atomic E-state index is -0.0218. The van der Waals surface area contributed by atoms with Crippen molar-refractivity contribution in [2.45, 2.75) is 25.7 Å². The van der Waals surface area contributed by atoms with Crippen molar-refractivity contribution in [1.82, 2.24) is 4.57 Å². The van der Waals surface area contributed by atoms with Crippen molar-refractivity contribution in [2.75, 3.05) is 0 Å². The molecule has 1 aliphatic rings. The van der Waals surface area contributed by atoms with E-state index in [1.54, 1.807) is 6.07 Å². The van der Waals surface area contributed by atoms with E-state index in [1.807, 2.05) is 0 Å². The van der Waals surface area contributed by atoms with E-state index in [0.29, 0.717) is 23.4 Å². The maximum atomic E-state index is 11.6. The van der Waals surface area contributed by atoms with Crippen LogP contribution in [0.1, 0.15) is 40.2 Å². The highest BCUT2D eigenvalue weighted by atomic mass is 35.5. The van der Waals surface area contributed by atoms with E-state index in [1.165, 1.54) is 4.57 Å². The lowest BCUT2D eigenvalue weighted by Crippen LogP contribution is -2.13. The molecule has 0 N–H and O–H groups in total. The molecular weight excluding hydrogens is 202 g/mol. The molecule has 0 unspecified atom stereocenters. The van der Waals surface area contributed by atoms with Crippen molar-refractivity contribution >= 4 is 23.8 Å². The fourth-order valence-corrected chi connectivity index (χ4v) is 2.08. The Balaban J connectivity index is 2.59. The normalized spacial score (nSPS) is 16.2. The molecule has 3 nitrogen and oxygen atoms in total. The molecule has 0 amide bonds. The summed E-state index contributed by atoms with van der Waals surface area (Å²) in [6.07, 6.45) is 3.83. The minimum absolute atomic E-state index is 0.0218. The van der Waals surface area contributed by atoms with Crippen molar-refractivity contribution in [3.8, 4) is 0 Å². The molecule has 0 atom stereocenters. The first-order chi connectivity index (χ1) is 6.74. The molecule has 1 aliphatic heterocycles. The fourth-order valence-electron chi connectivity index (χ4n) is 1.83. The third kappa shape index (κ3) is 1.38. The summed E-state index contributed by atoms with van der Waals surface area (Å²) in [6.45, 7) is 0. The van der Waals surface area contributed by atoms with Crippen LogP contribution in [0.2, 0.25) is 5.02 Å². The van der Waals surface area contributed by atoms with Gasteiger partial charge < -0.3 is 0 Å². The zero-order chi connectivity index (χ0) is 10.1. The second-order valence-electron chi connectivity index (χ2n) is 3.42. The summed E-state index contributed by atoms with van der Waals surface area (Å²) >= 11 is 5.85. The van der Waals surface area contributed by atoms with Crippen molar-refractivity contribution in [3.05, 3.63) is 22.5 Å². The van der Waals surface area contributed by atoms with Crippen LogP contribution in [-0.4, -0.2) is 16.8 Å². The average molecular weight is 212 g/mol. The molecule has 14 heavy (non-hydrogen) atoms. The highest BCUT2D eigenvalue weighted by molar-refractivity contribution is 6.33. The number of aryl methyl sites for hydroxylation is 1. The van der Waals surface area contributed by atoms with Crippen molar-refractivity contribution in [2.24, 2.45) is 0 Å². The van der Waals surface area contributed by atoms with Crippen LogP contribution >= 0.6 is 11.6 Å². The van der Waals surface area contributed by atoms with Crippen molar-refractivity contribution < 1.29 is 9.59 Å². The van der Waals surface area contributed by atoms with Gasteiger partial charge in [-0.3, -0.25) is 14.2 Å². The van der Waals surface area contributed by atoms with Gasteiger partial charge in [0.2, 0.25) is 5.91 Å². The predicted molar refractivity (Wildman–Crippen MR) is 53.0 cm³/mol. The van der Waals surface area contributed by atoms with Gasteiger partial charge in [-0.1, -0.05) is 11.6 Å². The van der Waals surface area contributed by atoms with E-state index < -0.39 is 0 Å². The summed E-state index contributed by atoms with van der Waals surface area (Å²) in [5, 5.41) is 0.380. The number of carbonyl (C=O) groups is 2. The van der Waals surface area contributed by atoms with E-state index in [-0.39, 0.29) is 5.91 Å². The minimum Gasteiger partial charge on any atom is -0.296 e. The predicted octanol–water partition coefficient (Wildman–Crippen LogP) is 2.32. The van der Waals surface area contributed by atoms with Crippen LogP contribution in [0.4, 0.5) is 0 Å². The zero-order valence-electron chi connectivity index (χ0n) is 7.62.